The van der Waals surface area contributed by atoms with Gasteiger partial charge in [0.25, 0.3) is 0 Å². The molecule has 0 amide bonds. The van der Waals surface area contributed by atoms with Crippen molar-refractivity contribution < 1.29 is 19.7 Å². The Labute approximate surface area is 201 Å². The summed E-state index contributed by atoms with van der Waals surface area (Å²) in [6.45, 7) is 14.1. The maximum Gasteiger partial charge on any atom is 0.165 e. The number of Topliss-reactive ketones (excluding diaryl/α,β-unsaturated/α-hetero) is 1. The molecule has 5 rings (SSSR count). The molecular weight excluding hydrogens is 412 g/mol. The third kappa shape index (κ3) is 3.36. The van der Waals surface area contributed by atoms with Gasteiger partial charge < -0.3 is 14.9 Å². The minimum Gasteiger partial charge on any atom is -0.393 e. The third-order valence-corrected chi connectivity index (χ3v) is 12.1. The van der Waals surface area contributed by atoms with Crippen molar-refractivity contribution in [1.29, 1.82) is 0 Å². The second-order valence-electron chi connectivity index (χ2n) is 13.6. The molecule has 2 unspecified atom stereocenters. The van der Waals surface area contributed by atoms with E-state index >= 15 is 0 Å². The number of ether oxygens (including phenoxy) is 1. The zero-order chi connectivity index (χ0) is 23.9. The molecule has 2 N–H and O–H groups in total. The van der Waals surface area contributed by atoms with Crippen LogP contribution in [0.2, 0.25) is 0 Å². The Morgan fingerprint density at radius 3 is 2.42 bits per heavy atom. The summed E-state index contributed by atoms with van der Waals surface area (Å²) in [6, 6.07) is 0. The number of aliphatic hydroxyl groups is 2. The molecule has 0 bridgehead atoms. The average Bonchev–Trinajstić information content (AvgIpc) is 3.44. The van der Waals surface area contributed by atoms with Gasteiger partial charge in [-0.05, 0) is 85.4 Å². The number of aliphatic hydroxyl groups excluding tert-OH is 1. The number of hydrogen-bond acceptors (Lipinski definition) is 4. The first-order chi connectivity index (χ1) is 15.5. The van der Waals surface area contributed by atoms with E-state index in [0.717, 1.165) is 12.8 Å². The Kier molecular flexibility index (Phi) is 5.90. The van der Waals surface area contributed by atoms with Gasteiger partial charge >= 0.3 is 0 Å². The molecule has 0 spiro atoms. The molecular formula is C29H48O4. The van der Waals surface area contributed by atoms with Gasteiger partial charge in [-0.15, -0.1) is 0 Å². The zero-order valence-electron chi connectivity index (χ0n) is 21.8. The maximum absolute atomic E-state index is 13.4. The molecule has 1 heterocycles. The lowest BCUT2D eigenvalue weighted by Gasteiger charge is -2.63. The fourth-order valence-corrected chi connectivity index (χ4v) is 10.1. The van der Waals surface area contributed by atoms with Gasteiger partial charge in [0.2, 0.25) is 0 Å². The minimum absolute atomic E-state index is 0.0130. The summed E-state index contributed by atoms with van der Waals surface area (Å²) in [5, 5.41) is 21.9. The minimum atomic E-state index is -1.33. The molecule has 5 fully saturated rings. The SMILES string of the molecule is CC[C@@H](C(C)C)C1OC1[C@@H](C)[C@H]1CC[C@H]2[C@@H]3CC(=O)[C@@]4(O)C[C@@H](O)CC[C@]4(C)[C@H]3CC[C@]12C. The summed E-state index contributed by atoms with van der Waals surface area (Å²) in [6.07, 6.45) is 8.51. The lowest BCUT2D eigenvalue weighted by Crippen LogP contribution is -2.67. The maximum atomic E-state index is 13.4. The molecule has 4 aliphatic carbocycles. The largest absolute Gasteiger partial charge is 0.393 e. The van der Waals surface area contributed by atoms with Crippen molar-refractivity contribution in [2.75, 3.05) is 0 Å². The predicted octanol–water partition coefficient (Wildman–Crippen LogP) is 5.39. The van der Waals surface area contributed by atoms with E-state index in [0.29, 0.717) is 66.5 Å². The summed E-state index contributed by atoms with van der Waals surface area (Å²) >= 11 is 0. The molecule has 0 aromatic rings. The van der Waals surface area contributed by atoms with E-state index in [-0.39, 0.29) is 23.0 Å². The Morgan fingerprint density at radius 1 is 1.03 bits per heavy atom. The van der Waals surface area contributed by atoms with E-state index in [4.69, 9.17) is 4.74 Å². The molecule has 4 nitrogen and oxygen atoms in total. The van der Waals surface area contributed by atoms with Gasteiger partial charge in [0.05, 0.1) is 18.3 Å². The highest BCUT2D eigenvalue weighted by atomic mass is 16.6. The fraction of sp³-hybridized carbons (Fsp3) is 0.966. The Bertz CT molecular complexity index is 780. The van der Waals surface area contributed by atoms with Crippen molar-refractivity contribution in [3.05, 3.63) is 0 Å². The van der Waals surface area contributed by atoms with Crippen molar-refractivity contribution in [3.63, 3.8) is 0 Å². The number of carbonyl (C=O) groups excluding carboxylic acids is 1. The van der Waals surface area contributed by atoms with Gasteiger partial charge in [-0.1, -0.05) is 48.0 Å². The van der Waals surface area contributed by atoms with E-state index < -0.39 is 11.7 Å². The highest BCUT2D eigenvalue weighted by molar-refractivity contribution is 5.89. The van der Waals surface area contributed by atoms with E-state index in [2.05, 4.69) is 41.5 Å². The standard InChI is InChI=1S/C29H48O4/c1-7-19(16(2)3)26-25(33-26)17(4)21-8-9-22-20-14-24(31)29(32)15-18(30)10-13-28(29,6)23(20)11-12-27(21,22)5/h16-23,25-26,30,32H,7-15H2,1-6H3/t17-,18-,19-,20-,21+,22-,23-,25?,26?,27+,28+,29-/m0/s1. The number of hydrogen-bond donors (Lipinski definition) is 2. The summed E-state index contributed by atoms with van der Waals surface area (Å²) < 4.78 is 6.35. The molecule has 4 saturated carbocycles. The number of rotatable bonds is 5. The second-order valence-corrected chi connectivity index (χ2v) is 13.6. The first-order valence-electron chi connectivity index (χ1n) is 14.1. The van der Waals surface area contributed by atoms with E-state index in [1.807, 2.05) is 0 Å². The monoisotopic (exact) mass is 460 g/mol. The fourth-order valence-electron chi connectivity index (χ4n) is 10.1. The molecule has 1 saturated heterocycles. The molecule has 0 aromatic carbocycles. The van der Waals surface area contributed by atoms with Crippen LogP contribution in [-0.2, 0) is 9.53 Å². The van der Waals surface area contributed by atoms with Gasteiger partial charge in [-0.3, -0.25) is 4.79 Å². The van der Waals surface area contributed by atoms with E-state index in [1.54, 1.807) is 0 Å². The number of carbonyl (C=O) groups is 1. The first kappa shape index (κ1) is 24.3. The van der Waals surface area contributed by atoms with Crippen molar-refractivity contribution >= 4 is 5.78 Å². The number of epoxide rings is 1. The zero-order valence-corrected chi connectivity index (χ0v) is 21.8. The Balaban J connectivity index is 1.36. The predicted molar refractivity (Wildman–Crippen MR) is 130 cm³/mol. The Morgan fingerprint density at radius 2 is 1.76 bits per heavy atom. The van der Waals surface area contributed by atoms with Crippen LogP contribution >= 0.6 is 0 Å². The van der Waals surface area contributed by atoms with Gasteiger partial charge in [0, 0.05) is 18.3 Å². The van der Waals surface area contributed by atoms with Crippen LogP contribution in [0, 0.1) is 52.3 Å². The summed E-state index contributed by atoms with van der Waals surface area (Å²) in [5.41, 5.74) is -1.43. The van der Waals surface area contributed by atoms with Crippen molar-refractivity contribution in [3.8, 4) is 0 Å². The van der Waals surface area contributed by atoms with Crippen LogP contribution in [0.25, 0.3) is 0 Å². The molecule has 188 valence electrons. The van der Waals surface area contributed by atoms with Crippen molar-refractivity contribution in [2.45, 2.75) is 123 Å². The van der Waals surface area contributed by atoms with Crippen molar-refractivity contribution in [2.24, 2.45) is 52.3 Å². The second kappa shape index (κ2) is 8.03. The normalized spacial score (nSPS) is 53.2. The van der Waals surface area contributed by atoms with Gasteiger partial charge in [0.15, 0.2) is 5.78 Å². The molecule has 0 radical (unpaired) electrons. The van der Waals surface area contributed by atoms with Crippen LogP contribution in [0.5, 0.6) is 0 Å². The van der Waals surface area contributed by atoms with Crippen LogP contribution in [0.15, 0.2) is 0 Å². The van der Waals surface area contributed by atoms with Crippen LogP contribution in [0.1, 0.15) is 99.3 Å². The summed E-state index contributed by atoms with van der Waals surface area (Å²) in [4.78, 5) is 13.4. The lowest BCUT2D eigenvalue weighted by molar-refractivity contribution is -0.213. The summed E-state index contributed by atoms with van der Waals surface area (Å²) in [7, 11) is 0. The van der Waals surface area contributed by atoms with Crippen LogP contribution in [0.4, 0.5) is 0 Å². The number of ketones is 1. The molecule has 33 heavy (non-hydrogen) atoms. The van der Waals surface area contributed by atoms with Crippen LogP contribution in [-0.4, -0.2) is 39.9 Å². The van der Waals surface area contributed by atoms with Crippen molar-refractivity contribution in [1.82, 2.24) is 0 Å². The molecule has 5 aliphatic rings. The van der Waals surface area contributed by atoms with Crippen LogP contribution in [0.3, 0.4) is 0 Å². The lowest BCUT2D eigenvalue weighted by atomic mass is 9.42. The average molecular weight is 461 g/mol. The highest BCUT2D eigenvalue weighted by Gasteiger charge is 2.68. The quantitative estimate of drug-likeness (QED) is 0.540. The molecule has 1 aliphatic heterocycles. The summed E-state index contributed by atoms with van der Waals surface area (Å²) in [5.74, 6) is 3.95. The topological polar surface area (TPSA) is 70.1 Å². The van der Waals surface area contributed by atoms with Crippen LogP contribution < -0.4 is 0 Å². The Hall–Kier alpha value is -0.450. The smallest absolute Gasteiger partial charge is 0.165 e. The van der Waals surface area contributed by atoms with Gasteiger partial charge in [-0.25, -0.2) is 0 Å². The van der Waals surface area contributed by atoms with Gasteiger partial charge in [0.1, 0.15) is 5.60 Å². The first-order valence-corrected chi connectivity index (χ1v) is 14.1. The molecule has 0 aromatic heterocycles. The number of fused-ring (bicyclic) bond motifs is 5. The van der Waals surface area contributed by atoms with Gasteiger partial charge in [-0.2, -0.15) is 0 Å². The van der Waals surface area contributed by atoms with E-state index in [9.17, 15) is 15.0 Å². The third-order valence-electron chi connectivity index (χ3n) is 12.1. The van der Waals surface area contributed by atoms with E-state index in [1.165, 1.54) is 25.7 Å². The highest BCUT2D eigenvalue weighted by Crippen LogP contribution is 2.69. The molecule has 4 heteroatoms. The molecule has 12 atom stereocenters.